The third-order valence-corrected chi connectivity index (χ3v) is 4.03. The van der Waals surface area contributed by atoms with Crippen LogP contribution in [0.4, 0.5) is 0 Å². The van der Waals surface area contributed by atoms with Crippen molar-refractivity contribution in [1.82, 2.24) is 20.4 Å². The van der Waals surface area contributed by atoms with Crippen molar-refractivity contribution >= 4 is 11.3 Å². The van der Waals surface area contributed by atoms with Gasteiger partial charge in [0, 0.05) is 10.4 Å². The van der Waals surface area contributed by atoms with E-state index in [1.165, 1.54) is 0 Å². The number of thiazole rings is 1. The number of H-pyrrole nitrogens is 1. The number of methoxy groups -OCH3 is 1. The number of rotatable bonds is 3. The van der Waals surface area contributed by atoms with Gasteiger partial charge < -0.3 is 4.74 Å². The molecule has 2 heterocycles. The fraction of sp³-hybridized carbons (Fsp3) is 0.143. The lowest BCUT2D eigenvalue weighted by Gasteiger charge is -2.00. The SMILES string of the molecule is COc1ccc(-c2nc(-c3n[nH]nc3C#N)c(C)s2)cc1. The largest absolute Gasteiger partial charge is 0.497 e. The molecule has 0 saturated heterocycles. The molecule has 21 heavy (non-hydrogen) atoms. The van der Waals surface area contributed by atoms with Gasteiger partial charge in [-0.3, -0.25) is 0 Å². The fourth-order valence-electron chi connectivity index (χ4n) is 1.95. The second-order valence-electron chi connectivity index (χ2n) is 4.28. The predicted molar refractivity (Wildman–Crippen MR) is 78.9 cm³/mol. The van der Waals surface area contributed by atoms with E-state index in [0.717, 1.165) is 21.2 Å². The molecule has 0 aliphatic heterocycles. The smallest absolute Gasteiger partial charge is 0.192 e. The van der Waals surface area contributed by atoms with Crippen molar-refractivity contribution in [1.29, 1.82) is 5.26 Å². The molecule has 1 aromatic carbocycles. The maximum atomic E-state index is 9.03. The molecule has 0 amide bonds. The van der Waals surface area contributed by atoms with Gasteiger partial charge in [0.1, 0.15) is 22.5 Å². The molecule has 0 spiro atoms. The number of aromatic amines is 1. The van der Waals surface area contributed by atoms with Crippen molar-refractivity contribution in [2.24, 2.45) is 0 Å². The van der Waals surface area contributed by atoms with E-state index in [-0.39, 0.29) is 5.69 Å². The molecule has 6 nitrogen and oxygen atoms in total. The van der Waals surface area contributed by atoms with Gasteiger partial charge in [0.05, 0.1) is 7.11 Å². The molecular formula is C14H11N5OS. The first-order chi connectivity index (χ1) is 10.2. The molecule has 3 rings (SSSR count). The van der Waals surface area contributed by atoms with Crippen molar-refractivity contribution in [3.63, 3.8) is 0 Å². The Bertz CT molecular complexity index is 813. The van der Waals surface area contributed by atoms with Gasteiger partial charge in [-0.25, -0.2) is 4.98 Å². The highest BCUT2D eigenvalue weighted by Crippen LogP contribution is 2.33. The molecule has 0 saturated carbocycles. The second kappa shape index (κ2) is 5.34. The molecule has 0 aliphatic carbocycles. The highest BCUT2D eigenvalue weighted by molar-refractivity contribution is 7.15. The maximum absolute atomic E-state index is 9.03. The third kappa shape index (κ3) is 2.37. The summed E-state index contributed by atoms with van der Waals surface area (Å²) in [4.78, 5) is 5.58. The molecule has 0 aliphatic rings. The van der Waals surface area contributed by atoms with Crippen LogP contribution in [0.1, 0.15) is 10.6 Å². The van der Waals surface area contributed by atoms with E-state index in [4.69, 9.17) is 10.00 Å². The summed E-state index contributed by atoms with van der Waals surface area (Å²) in [5.74, 6) is 0.801. The Kier molecular flexibility index (Phi) is 3.38. The Balaban J connectivity index is 2.03. The van der Waals surface area contributed by atoms with Gasteiger partial charge >= 0.3 is 0 Å². The summed E-state index contributed by atoms with van der Waals surface area (Å²) in [6.07, 6.45) is 0. The number of benzene rings is 1. The molecule has 0 radical (unpaired) electrons. The molecule has 2 aromatic heterocycles. The van der Waals surface area contributed by atoms with E-state index in [1.807, 2.05) is 37.3 Å². The summed E-state index contributed by atoms with van der Waals surface area (Å²) < 4.78 is 5.15. The van der Waals surface area contributed by atoms with E-state index in [1.54, 1.807) is 18.4 Å². The van der Waals surface area contributed by atoms with E-state index >= 15 is 0 Å². The Morgan fingerprint density at radius 1 is 1.19 bits per heavy atom. The van der Waals surface area contributed by atoms with Crippen LogP contribution in [-0.4, -0.2) is 27.5 Å². The average Bonchev–Trinajstić information content (AvgIpc) is 3.13. The Morgan fingerprint density at radius 3 is 2.62 bits per heavy atom. The van der Waals surface area contributed by atoms with E-state index in [9.17, 15) is 0 Å². The molecule has 104 valence electrons. The maximum Gasteiger partial charge on any atom is 0.192 e. The summed E-state index contributed by atoms with van der Waals surface area (Å²) in [5, 5.41) is 20.2. The third-order valence-electron chi connectivity index (χ3n) is 3.01. The molecule has 3 aromatic rings. The van der Waals surface area contributed by atoms with Crippen LogP contribution in [-0.2, 0) is 0 Å². The van der Waals surface area contributed by atoms with Gasteiger partial charge in [0.25, 0.3) is 0 Å². The molecule has 0 bridgehead atoms. The van der Waals surface area contributed by atoms with Crippen LogP contribution in [0.15, 0.2) is 24.3 Å². The normalized spacial score (nSPS) is 10.3. The van der Waals surface area contributed by atoms with Gasteiger partial charge in [-0.15, -0.1) is 16.4 Å². The number of nitrogens with one attached hydrogen (secondary N) is 1. The summed E-state index contributed by atoms with van der Waals surface area (Å²) >= 11 is 1.56. The van der Waals surface area contributed by atoms with Crippen molar-refractivity contribution in [2.45, 2.75) is 6.92 Å². The van der Waals surface area contributed by atoms with Gasteiger partial charge in [-0.1, -0.05) is 0 Å². The number of hydrogen-bond acceptors (Lipinski definition) is 6. The Morgan fingerprint density at radius 2 is 1.95 bits per heavy atom. The minimum atomic E-state index is 0.254. The molecule has 0 unspecified atom stereocenters. The van der Waals surface area contributed by atoms with Crippen LogP contribution >= 0.6 is 11.3 Å². The fourth-order valence-corrected chi connectivity index (χ4v) is 2.87. The Hall–Kier alpha value is -2.72. The minimum absolute atomic E-state index is 0.254. The molecular weight excluding hydrogens is 286 g/mol. The second-order valence-corrected chi connectivity index (χ2v) is 5.49. The van der Waals surface area contributed by atoms with Crippen LogP contribution in [0.25, 0.3) is 22.0 Å². The quantitative estimate of drug-likeness (QED) is 0.803. The summed E-state index contributed by atoms with van der Waals surface area (Å²) in [6, 6.07) is 9.70. The highest BCUT2D eigenvalue weighted by atomic mass is 32.1. The van der Waals surface area contributed by atoms with Crippen LogP contribution in [0.3, 0.4) is 0 Å². The molecule has 7 heteroatoms. The van der Waals surface area contributed by atoms with Crippen LogP contribution in [0, 0.1) is 18.3 Å². The lowest BCUT2D eigenvalue weighted by atomic mass is 10.2. The number of hydrogen-bond donors (Lipinski definition) is 1. The topological polar surface area (TPSA) is 87.5 Å². The number of ether oxygens (including phenoxy) is 1. The number of aromatic nitrogens is 4. The zero-order valence-corrected chi connectivity index (χ0v) is 12.2. The van der Waals surface area contributed by atoms with Crippen molar-refractivity contribution < 1.29 is 4.74 Å². The predicted octanol–water partition coefficient (Wildman–Crippen LogP) is 2.78. The molecule has 0 atom stereocenters. The van der Waals surface area contributed by atoms with Gasteiger partial charge in [0.15, 0.2) is 11.4 Å². The summed E-state index contributed by atoms with van der Waals surface area (Å²) in [5.41, 5.74) is 2.43. The van der Waals surface area contributed by atoms with Gasteiger partial charge in [0.2, 0.25) is 0 Å². The number of nitriles is 1. The zero-order chi connectivity index (χ0) is 14.8. The van der Waals surface area contributed by atoms with Crippen molar-refractivity contribution in [3.8, 4) is 33.8 Å². The zero-order valence-electron chi connectivity index (χ0n) is 11.4. The van der Waals surface area contributed by atoms with E-state index in [0.29, 0.717) is 11.4 Å². The van der Waals surface area contributed by atoms with Gasteiger partial charge in [-0.2, -0.15) is 15.6 Å². The molecule has 1 N–H and O–H groups in total. The monoisotopic (exact) mass is 297 g/mol. The van der Waals surface area contributed by atoms with Gasteiger partial charge in [-0.05, 0) is 31.2 Å². The summed E-state index contributed by atoms with van der Waals surface area (Å²) in [6.45, 7) is 1.95. The number of nitrogens with zero attached hydrogens (tertiary/aromatic N) is 4. The first kappa shape index (κ1) is 13.3. The van der Waals surface area contributed by atoms with Crippen LogP contribution in [0.5, 0.6) is 5.75 Å². The first-order valence-corrected chi connectivity index (χ1v) is 6.97. The van der Waals surface area contributed by atoms with Crippen LogP contribution < -0.4 is 4.74 Å². The molecule has 0 fully saturated rings. The standard InChI is InChI=1S/C14H11N5OS/c1-8-12(13-11(7-15)17-19-18-13)16-14(21-8)9-3-5-10(20-2)6-4-9/h3-6H,1-2H3,(H,17,18,19). The van der Waals surface area contributed by atoms with Crippen molar-refractivity contribution in [2.75, 3.05) is 7.11 Å². The first-order valence-electron chi connectivity index (χ1n) is 6.16. The lowest BCUT2D eigenvalue weighted by Crippen LogP contribution is -1.86. The minimum Gasteiger partial charge on any atom is -0.497 e. The average molecular weight is 297 g/mol. The Labute approximate surface area is 125 Å². The highest BCUT2D eigenvalue weighted by Gasteiger charge is 2.17. The van der Waals surface area contributed by atoms with E-state index in [2.05, 4.69) is 20.4 Å². The van der Waals surface area contributed by atoms with Crippen molar-refractivity contribution in [3.05, 3.63) is 34.8 Å². The van der Waals surface area contributed by atoms with E-state index < -0.39 is 0 Å². The van der Waals surface area contributed by atoms with Crippen LogP contribution in [0.2, 0.25) is 0 Å². The number of aryl methyl sites for hydroxylation is 1. The lowest BCUT2D eigenvalue weighted by molar-refractivity contribution is 0.415. The summed E-state index contributed by atoms with van der Waals surface area (Å²) in [7, 11) is 1.63.